The van der Waals surface area contributed by atoms with Crippen LogP contribution < -0.4 is 9.47 Å². The molecule has 0 fully saturated rings. The SMILES string of the molecule is COCCCCOc1ccc2c(c1)OC(C)(C)CC2=O. The number of unbranched alkanes of at least 4 members (excludes halogenated alkanes) is 1. The van der Waals surface area contributed by atoms with E-state index in [1.165, 1.54) is 0 Å². The molecule has 110 valence electrons. The van der Waals surface area contributed by atoms with Gasteiger partial charge in [0.2, 0.25) is 0 Å². The highest BCUT2D eigenvalue weighted by Crippen LogP contribution is 2.35. The Morgan fingerprint density at radius 2 is 2.00 bits per heavy atom. The number of ether oxygens (including phenoxy) is 3. The summed E-state index contributed by atoms with van der Waals surface area (Å²) in [5, 5.41) is 0. The van der Waals surface area contributed by atoms with Gasteiger partial charge in [-0.3, -0.25) is 4.79 Å². The molecule has 0 aliphatic carbocycles. The highest BCUT2D eigenvalue weighted by atomic mass is 16.5. The number of fused-ring (bicyclic) bond motifs is 1. The molecule has 0 bridgehead atoms. The zero-order chi connectivity index (χ0) is 14.6. The number of rotatable bonds is 6. The van der Waals surface area contributed by atoms with Crippen LogP contribution in [0.25, 0.3) is 0 Å². The topological polar surface area (TPSA) is 44.8 Å². The van der Waals surface area contributed by atoms with E-state index in [2.05, 4.69) is 0 Å². The van der Waals surface area contributed by atoms with Crippen LogP contribution in [0.1, 0.15) is 43.5 Å². The Labute approximate surface area is 120 Å². The summed E-state index contributed by atoms with van der Waals surface area (Å²) in [6.07, 6.45) is 2.33. The monoisotopic (exact) mass is 278 g/mol. The Bertz CT molecular complexity index is 479. The van der Waals surface area contributed by atoms with Crippen LogP contribution in [0, 0.1) is 0 Å². The predicted octanol–water partition coefficient (Wildman–Crippen LogP) is 3.24. The van der Waals surface area contributed by atoms with E-state index in [1.54, 1.807) is 13.2 Å². The number of methoxy groups -OCH3 is 1. The fourth-order valence-corrected chi connectivity index (χ4v) is 2.26. The molecule has 4 nitrogen and oxygen atoms in total. The van der Waals surface area contributed by atoms with Crippen LogP contribution in [0.5, 0.6) is 11.5 Å². The van der Waals surface area contributed by atoms with E-state index < -0.39 is 5.60 Å². The van der Waals surface area contributed by atoms with Crippen LogP contribution in [0.2, 0.25) is 0 Å². The second-order valence-electron chi connectivity index (χ2n) is 5.67. The summed E-state index contributed by atoms with van der Waals surface area (Å²) in [6, 6.07) is 5.43. The van der Waals surface area contributed by atoms with Crippen molar-refractivity contribution in [3.8, 4) is 11.5 Å². The van der Waals surface area contributed by atoms with Crippen molar-refractivity contribution in [2.45, 2.75) is 38.7 Å². The van der Waals surface area contributed by atoms with Crippen molar-refractivity contribution < 1.29 is 19.0 Å². The Kier molecular flexibility index (Phi) is 4.65. The van der Waals surface area contributed by atoms with Gasteiger partial charge in [0.15, 0.2) is 5.78 Å². The number of hydrogen-bond acceptors (Lipinski definition) is 4. The fourth-order valence-electron chi connectivity index (χ4n) is 2.26. The Balaban J connectivity index is 1.99. The number of hydrogen-bond donors (Lipinski definition) is 0. The van der Waals surface area contributed by atoms with Crippen molar-refractivity contribution >= 4 is 5.78 Å². The average molecular weight is 278 g/mol. The van der Waals surface area contributed by atoms with Gasteiger partial charge in [0.1, 0.15) is 17.1 Å². The predicted molar refractivity (Wildman–Crippen MR) is 76.7 cm³/mol. The van der Waals surface area contributed by atoms with Gasteiger partial charge in [0.05, 0.1) is 18.6 Å². The number of carbonyl (C=O) groups excluding carboxylic acids is 1. The number of ketones is 1. The largest absolute Gasteiger partial charge is 0.493 e. The molecule has 0 amide bonds. The standard InChI is InChI=1S/C16H22O4/c1-16(2)11-14(17)13-7-6-12(10-15(13)20-16)19-9-5-4-8-18-3/h6-7,10H,4-5,8-9,11H2,1-3H3. The smallest absolute Gasteiger partial charge is 0.170 e. The molecule has 0 spiro atoms. The Morgan fingerprint density at radius 3 is 2.75 bits per heavy atom. The van der Waals surface area contributed by atoms with E-state index >= 15 is 0 Å². The van der Waals surface area contributed by atoms with Crippen LogP contribution in [0.15, 0.2) is 18.2 Å². The first-order valence-electron chi connectivity index (χ1n) is 7.00. The molecule has 1 aliphatic rings. The summed E-state index contributed by atoms with van der Waals surface area (Å²) in [4.78, 5) is 12.0. The first kappa shape index (κ1) is 14.9. The van der Waals surface area contributed by atoms with Crippen LogP contribution in [-0.2, 0) is 4.74 Å². The van der Waals surface area contributed by atoms with Crippen molar-refractivity contribution in [2.24, 2.45) is 0 Å². The van der Waals surface area contributed by atoms with E-state index in [0.717, 1.165) is 25.2 Å². The summed E-state index contributed by atoms with van der Waals surface area (Å²) in [5.41, 5.74) is 0.206. The maximum absolute atomic E-state index is 12.0. The van der Waals surface area contributed by atoms with Crippen molar-refractivity contribution in [3.63, 3.8) is 0 Å². The molecule has 0 saturated carbocycles. The summed E-state index contributed by atoms with van der Waals surface area (Å²) in [7, 11) is 1.69. The molecule has 0 atom stereocenters. The minimum atomic E-state index is -0.443. The van der Waals surface area contributed by atoms with E-state index in [9.17, 15) is 4.79 Å². The Hall–Kier alpha value is -1.55. The molecule has 0 saturated heterocycles. The molecule has 20 heavy (non-hydrogen) atoms. The molecule has 1 heterocycles. The number of carbonyl (C=O) groups is 1. The van der Waals surface area contributed by atoms with Gasteiger partial charge in [0.25, 0.3) is 0 Å². The molecule has 0 aromatic heterocycles. The average Bonchev–Trinajstić information content (AvgIpc) is 2.36. The minimum absolute atomic E-state index is 0.128. The van der Waals surface area contributed by atoms with Crippen molar-refractivity contribution in [1.82, 2.24) is 0 Å². The molecule has 0 radical (unpaired) electrons. The summed E-state index contributed by atoms with van der Waals surface area (Å²) in [6.45, 7) is 5.23. The van der Waals surface area contributed by atoms with Crippen molar-refractivity contribution in [3.05, 3.63) is 23.8 Å². The van der Waals surface area contributed by atoms with Gasteiger partial charge >= 0.3 is 0 Å². The Morgan fingerprint density at radius 1 is 1.25 bits per heavy atom. The second-order valence-corrected chi connectivity index (χ2v) is 5.67. The highest BCUT2D eigenvalue weighted by molar-refractivity contribution is 6.00. The van der Waals surface area contributed by atoms with Gasteiger partial charge in [-0.25, -0.2) is 0 Å². The fraction of sp³-hybridized carbons (Fsp3) is 0.562. The zero-order valence-electron chi connectivity index (χ0n) is 12.4. The molecule has 0 N–H and O–H groups in total. The van der Waals surface area contributed by atoms with Gasteiger partial charge in [-0.05, 0) is 38.8 Å². The lowest BCUT2D eigenvalue weighted by atomic mass is 9.93. The van der Waals surface area contributed by atoms with Gasteiger partial charge in [-0.2, -0.15) is 0 Å². The third-order valence-corrected chi connectivity index (χ3v) is 3.24. The lowest BCUT2D eigenvalue weighted by Gasteiger charge is -2.31. The van der Waals surface area contributed by atoms with Gasteiger partial charge in [-0.15, -0.1) is 0 Å². The number of benzene rings is 1. The summed E-state index contributed by atoms with van der Waals surface area (Å²) >= 11 is 0. The van der Waals surface area contributed by atoms with Gasteiger partial charge in [-0.1, -0.05) is 0 Å². The minimum Gasteiger partial charge on any atom is -0.493 e. The third kappa shape index (κ3) is 3.73. The van der Waals surface area contributed by atoms with Gasteiger partial charge in [0, 0.05) is 19.8 Å². The lowest BCUT2D eigenvalue weighted by Crippen LogP contribution is -2.35. The molecule has 1 aromatic rings. The van der Waals surface area contributed by atoms with Crippen molar-refractivity contribution in [2.75, 3.05) is 20.3 Å². The second kappa shape index (κ2) is 6.27. The van der Waals surface area contributed by atoms with E-state index in [0.29, 0.717) is 24.3 Å². The van der Waals surface area contributed by atoms with Crippen LogP contribution in [0.3, 0.4) is 0 Å². The molecular formula is C16H22O4. The molecule has 2 rings (SSSR count). The molecule has 1 aliphatic heterocycles. The van der Waals surface area contributed by atoms with E-state index in [4.69, 9.17) is 14.2 Å². The summed E-state index contributed by atoms with van der Waals surface area (Å²) < 4.78 is 16.5. The van der Waals surface area contributed by atoms with Crippen LogP contribution >= 0.6 is 0 Å². The molecule has 1 aromatic carbocycles. The normalized spacial score (nSPS) is 16.4. The molecular weight excluding hydrogens is 256 g/mol. The van der Waals surface area contributed by atoms with Gasteiger partial charge < -0.3 is 14.2 Å². The lowest BCUT2D eigenvalue weighted by molar-refractivity contribution is 0.0618. The first-order valence-corrected chi connectivity index (χ1v) is 7.00. The van der Waals surface area contributed by atoms with E-state index in [1.807, 2.05) is 26.0 Å². The summed E-state index contributed by atoms with van der Waals surface area (Å²) in [5.74, 6) is 1.50. The third-order valence-electron chi connectivity index (χ3n) is 3.24. The maximum Gasteiger partial charge on any atom is 0.170 e. The first-order chi connectivity index (χ1) is 9.52. The van der Waals surface area contributed by atoms with Crippen LogP contribution in [-0.4, -0.2) is 31.7 Å². The van der Waals surface area contributed by atoms with E-state index in [-0.39, 0.29) is 5.78 Å². The molecule has 0 unspecified atom stereocenters. The quantitative estimate of drug-likeness (QED) is 0.749. The maximum atomic E-state index is 12.0. The van der Waals surface area contributed by atoms with Crippen LogP contribution in [0.4, 0.5) is 0 Å². The van der Waals surface area contributed by atoms with Crippen molar-refractivity contribution in [1.29, 1.82) is 0 Å². The number of Topliss-reactive ketones (excluding diaryl/α,β-unsaturated/α-hetero) is 1. The highest BCUT2D eigenvalue weighted by Gasteiger charge is 2.32. The zero-order valence-corrected chi connectivity index (χ0v) is 12.4. The molecule has 4 heteroatoms.